The van der Waals surface area contributed by atoms with Gasteiger partial charge in [-0.2, -0.15) is 0 Å². The molecule has 8 heteroatoms. The molecule has 4 aromatic rings. The average Bonchev–Trinajstić information content (AvgIpc) is 3.87. The molecular formula is C35H37N3O5. The predicted octanol–water partition coefficient (Wildman–Crippen LogP) is 5.14. The van der Waals surface area contributed by atoms with Crippen molar-refractivity contribution < 1.29 is 19.0 Å². The lowest BCUT2D eigenvalue weighted by atomic mass is 9.98. The van der Waals surface area contributed by atoms with Crippen molar-refractivity contribution in [3.8, 4) is 5.75 Å². The summed E-state index contributed by atoms with van der Waals surface area (Å²) in [5.74, 6) is 0.314. The molecule has 8 nitrogen and oxygen atoms in total. The average molecular weight is 580 g/mol. The zero-order valence-electron chi connectivity index (χ0n) is 24.4. The van der Waals surface area contributed by atoms with Crippen molar-refractivity contribution in [3.05, 3.63) is 135 Å². The van der Waals surface area contributed by atoms with Gasteiger partial charge in [-0.15, -0.1) is 0 Å². The number of aromatic nitrogens is 1. The molecule has 6 rings (SSSR count). The van der Waals surface area contributed by atoms with Gasteiger partial charge in [0, 0.05) is 26.3 Å². The normalized spacial score (nSPS) is 14.7. The minimum Gasteiger partial charge on any atom is -0.482 e. The summed E-state index contributed by atoms with van der Waals surface area (Å²) in [7, 11) is 1.62. The summed E-state index contributed by atoms with van der Waals surface area (Å²) < 4.78 is 19.6. The van der Waals surface area contributed by atoms with Gasteiger partial charge in [-0.3, -0.25) is 14.6 Å². The molecule has 3 aromatic carbocycles. The van der Waals surface area contributed by atoms with Crippen LogP contribution in [0.2, 0.25) is 0 Å². The summed E-state index contributed by atoms with van der Waals surface area (Å²) in [6.07, 6.45) is 2.32. The van der Waals surface area contributed by atoms with E-state index in [0.29, 0.717) is 31.4 Å². The van der Waals surface area contributed by atoms with Crippen molar-refractivity contribution in [3.63, 3.8) is 0 Å². The lowest BCUT2D eigenvalue weighted by Crippen LogP contribution is -2.57. The van der Waals surface area contributed by atoms with Crippen LogP contribution in [0.3, 0.4) is 0 Å². The number of carbonyl (C=O) groups is 1. The van der Waals surface area contributed by atoms with E-state index in [1.165, 1.54) is 0 Å². The van der Waals surface area contributed by atoms with E-state index in [-0.39, 0.29) is 48.7 Å². The molecule has 0 N–H and O–H groups in total. The first-order chi connectivity index (χ1) is 21.1. The lowest BCUT2D eigenvalue weighted by molar-refractivity contribution is 0.0593. The number of nitrogens with zero attached hydrogens (tertiary/aromatic N) is 3. The Morgan fingerprint density at radius 3 is 2.07 bits per heavy atom. The smallest absolute Gasteiger partial charge is 0.277 e. The van der Waals surface area contributed by atoms with E-state index in [9.17, 15) is 9.59 Å². The van der Waals surface area contributed by atoms with Crippen molar-refractivity contribution in [1.29, 1.82) is 0 Å². The molecule has 43 heavy (non-hydrogen) atoms. The first-order valence-electron chi connectivity index (χ1n) is 14.8. The SMILES string of the molecule is COCCN1CN(C(c2ccccc2)c2ccccc2)n2c(COCC3CC3)cc(=O)c(OCc3ccccc3)c2C1=O. The Hall–Kier alpha value is -4.40. The molecule has 0 unspecified atom stereocenters. The third kappa shape index (κ3) is 6.50. The molecule has 1 aliphatic heterocycles. The van der Waals surface area contributed by atoms with E-state index in [1.807, 2.05) is 71.4 Å². The topological polar surface area (TPSA) is 73.2 Å². The largest absolute Gasteiger partial charge is 0.482 e. The monoisotopic (exact) mass is 579 g/mol. The van der Waals surface area contributed by atoms with E-state index >= 15 is 0 Å². The molecule has 1 aliphatic carbocycles. The van der Waals surface area contributed by atoms with Crippen molar-refractivity contribution in [1.82, 2.24) is 9.58 Å². The van der Waals surface area contributed by atoms with Gasteiger partial charge in [0.15, 0.2) is 11.4 Å². The number of hydrogen-bond acceptors (Lipinski definition) is 6. The van der Waals surface area contributed by atoms with Gasteiger partial charge in [0.25, 0.3) is 5.91 Å². The molecule has 1 saturated carbocycles. The maximum atomic E-state index is 14.3. The van der Waals surface area contributed by atoms with E-state index in [4.69, 9.17) is 14.2 Å². The van der Waals surface area contributed by atoms with Crippen LogP contribution in [0.4, 0.5) is 0 Å². The fourth-order valence-corrected chi connectivity index (χ4v) is 5.53. The Balaban J connectivity index is 1.52. The highest BCUT2D eigenvalue weighted by molar-refractivity contribution is 5.96. The minimum atomic E-state index is -0.343. The Labute approximate surface area is 252 Å². The van der Waals surface area contributed by atoms with Gasteiger partial charge in [-0.05, 0) is 35.4 Å². The number of amides is 1. The third-order valence-electron chi connectivity index (χ3n) is 7.90. The van der Waals surface area contributed by atoms with Crippen LogP contribution in [0.15, 0.2) is 102 Å². The summed E-state index contributed by atoms with van der Waals surface area (Å²) >= 11 is 0. The van der Waals surface area contributed by atoms with Crippen LogP contribution in [0.5, 0.6) is 5.75 Å². The van der Waals surface area contributed by atoms with Crippen molar-refractivity contribution >= 4 is 5.91 Å². The van der Waals surface area contributed by atoms with Crippen LogP contribution >= 0.6 is 0 Å². The van der Waals surface area contributed by atoms with Gasteiger partial charge in [-0.1, -0.05) is 91.0 Å². The molecule has 2 aliphatic rings. The highest BCUT2D eigenvalue weighted by Crippen LogP contribution is 2.34. The number of benzene rings is 3. The molecule has 1 amide bonds. The Kier molecular flexibility index (Phi) is 8.86. The van der Waals surface area contributed by atoms with Gasteiger partial charge < -0.3 is 19.1 Å². The standard InChI is InChI=1S/C35H37N3O5/c1-41-20-19-36-25-37(32(28-13-7-3-8-14-28)29-15-9-4-10-16-29)38-30(24-42-22-27-17-18-27)21-31(39)34(33(38)35(36)40)43-23-26-11-5-2-6-12-26/h2-16,21,27,32H,17-20,22-25H2,1H3. The second-order valence-electron chi connectivity index (χ2n) is 11.1. The summed E-state index contributed by atoms with van der Waals surface area (Å²) in [4.78, 5) is 29.7. The second kappa shape index (κ2) is 13.3. The lowest BCUT2D eigenvalue weighted by Gasteiger charge is -2.45. The van der Waals surface area contributed by atoms with E-state index in [1.54, 1.807) is 18.1 Å². The Bertz CT molecular complexity index is 1530. The number of fused-ring (bicyclic) bond motifs is 1. The molecule has 0 atom stereocenters. The Morgan fingerprint density at radius 2 is 1.47 bits per heavy atom. The molecule has 222 valence electrons. The summed E-state index contributed by atoms with van der Waals surface area (Å²) in [5, 5.41) is 2.14. The minimum absolute atomic E-state index is 0.0341. The predicted molar refractivity (Wildman–Crippen MR) is 165 cm³/mol. The molecule has 0 saturated heterocycles. The van der Waals surface area contributed by atoms with Gasteiger partial charge in [0.1, 0.15) is 13.3 Å². The fraction of sp³-hybridized carbons (Fsp3) is 0.314. The third-order valence-corrected chi connectivity index (χ3v) is 7.90. The van der Waals surface area contributed by atoms with Crippen molar-refractivity contribution in [2.45, 2.75) is 32.1 Å². The maximum absolute atomic E-state index is 14.3. The van der Waals surface area contributed by atoms with Crippen molar-refractivity contribution in [2.75, 3.05) is 38.5 Å². The zero-order chi connectivity index (χ0) is 29.6. The second-order valence-corrected chi connectivity index (χ2v) is 11.1. The number of carbonyl (C=O) groups excluding carboxylic acids is 1. The molecule has 0 spiro atoms. The fourth-order valence-electron chi connectivity index (χ4n) is 5.53. The number of rotatable bonds is 13. The zero-order valence-corrected chi connectivity index (χ0v) is 24.4. The summed E-state index contributed by atoms with van der Waals surface area (Å²) in [6.45, 7) is 1.99. The van der Waals surface area contributed by atoms with Crippen LogP contribution in [-0.4, -0.2) is 49.0 Å². The van der Waals surface area contributed by atoms with Gasteiger partial charge in [0.05, 0.1) is 24.9 Å². The van der Waals surface area contributed by atoms with Gasteiger partial charge in [-0.25, -0.2) is 4.68 Å². The number of ether oxygens (including phenoxy) is 3. The van der Waals surface area contributed by atoms with Crippen LogP contribution in [0, 0.1) is 5.92 Å². The molecule has 0 radical (unpaired) electrons. The number of methoxy groups -OCH3 is 1. The highest BCUT2D eigenvalue weighted by atomic mass is 16.5. The van der Waals surface area contributed by atoms with Crippen LogP contribution in [0.1, 0.15) is 51.8 Å². The van der Waals surface area contributed by atoms with Crippen molar-refractivity contribution in [2.24, 2.45) is 5.92 Å². The molecule has 1 aromatic heterocycles. The molecular weight excluding hydrogens is 542 g/mol. The first-order valence-corrected chi connectivity index (χ1v) is 14.8. The number of hydrogen-bond donors (Lipinski definition) is 0. The summed E-state index contributed by atoms with van der Waals surface area (Å²) in [5.41, 5.74) is 3.48. The van der Waals surface area contributed by atoms with E-state index < -0.39 is 0 Å². The maximum Gasteiger partial charge on any atom is 0.277 e. The quantitative estimate of drug-likeness (QED) is 0.218. The van der Waals surface area contributed by atoms with Crippen LogP contribution < -0.4 is 15.2 Å². The first kappa shape index (κ1) is 28.7. The summed E-state index contributed by atoms with van der Waals surface area (Å²) in [6, 6.07) is 31.3. The van der Waals surface area contributed by atoms with Gasteiger partial charge in [0.2, 0.25) is 5.43 Å². The molecule has 1 fully saturated rings. The molecule has 2 heterocycles. The molecule has 0 bridgehead atoms. The van der Waals surface area contributed by atoms with Gasteiger partial charge >= 0.3 is 0 Å². The van der Waals surface area contributed by atoms with Crippen LogP contribution in [0.25, 0.3) is 0 Å². The van der Waals surface area contributed by atoms with E-state index in [0.717, 1.165) is 29.5 Å². The number of pyridine rings is 1. The van der Waals surface area contributed by atoms with E-state index in [2.05, 4.69) is 29.3 Å². The Morgan fingerprint density at radius 1 is 0.837 bits per heavy atom. The van der Waals surface area contributed by atoms with Crippen LogP contribution in [-0.2, 0) is 22.7 Å². The highest BCUT2D eigenvalue weighted by Gasteiger charge is 2.38.